The highest BCUT2D eigenvalue weighted by atomic mass is 35.5. The summed E-state index contributed by atoms with van der Waals surface area (Å²) < 4.78 is 6.32. The maximum Gasteiger partial charge on any atom is 0.307 e. The van der Waals surface area contributed by atoms with Crippen molar-refractivity contribution in [3.63, 3.8) is 0 Å². The highest BCUT2D eigenvalue weighted by molar-refractivity contribution is 6.39. The van der Waals surface area contributed by atoms with Crippen molar-refractivity contribution in [1.29, 1.82) is 5.26 Å². The predicted molar refractivity (Wildman–Crippen MR) is 207 cm³/mol. The van der Waals surface area contributed by atoms with Gasteiger partial charge in [-0.3, -0.25) is 19.6 Å². The first-order chi connectivity index (χ1) is 26.2. The van der Waals surface area contributed by atoms with Crippen LogP contribution in [0, 0.1) is 17.2 Å². The fraction of sp³-hybridized carbons (Fsp3) is 0.293. The number of aromatic nitrogens is 3. The van der Waals surface area contributed by atoms with Crippen molar-refractivity contribution < 1.29 is 19.4 Å². The molecule has 5 heterocycles. The first-order valence-electron chi connectivity index (χ1n) is 18.1. The number of oxazole rings is 1. The topological polar surface area (TPSA) is 152 Å². The second-order valence-corrected chi connectivity index (χ2v) is 15.1. The van der Waals surface area contributed by atoms with Gasteiger partial charge in [0.05, 0.1) is 33.3 Å². The average molecular weight is 761 g/mol. The van der Waals surface area contributed by atoms with Gasteiger partial charge in [-0.2, -0.15) is 5.26 Å². The minimum atomic E-state index is -0.766. The maximum atomic E-state index is 11.6. The van der Waals surface area contributed by atoms with Gasteiger partial charge in [0.2, 0.25) is 5.89 Å². The van der Waals surface area contributed by atoms with E-state index in [9.17, 15) is 20.3 Å². The maximum absolute atomic E-state index is 11.6. The van der Waals surface area contributed by atoms with E-state index in [1.807, 2.05) is 54.7 Å². The third-order valence-electron chi connectivity index (χ3n) is 11.1. The molecule has 0 spiro atoms. The molecule has 2 aliphatic heterocycles. The van der Waals surface area contributed by atoms with Crippen LogP contribution in [0.2, 0.25) is 10.0 Å². The Morgan fingerprint density at radius 3 is 2.59 bits per heavy atom. The number of carbonyl (C=O) groups is 1. The molecule has 3 aromatic heterocycles. The Labute approximate surface area is 320 Å². The van der Waals surface area contributed by atoms with Gasteiger partial charge in [-0.1, -0.05) is 47.5 Å². The molecule has 3 aliphatic rings. The zero-order valence-electron chi connectivity index (χ0n) is 29.1. The summed E-state index contributed by atoms with van der Waals surface area (Å²) in [5.41, 5.74) is 7.72. The molecule has 1 aliphatic carbocycles. The number of β-amino-alcohol motifs (C(OH)–C–C–N with tert-alkyl or cyclic N) is 1. The molecule has 3 atom stereocenters. The van der Waals surface area contributed by atoms with E-state index in [2.05, 4.69) is 32.2 Å². The van der Waals surface area contributed by atoms with Crippen LogP contribution in [0.3, 0.4) is 0 Å². The van der Waals surface area contributed by atoms with Crippen molar-refractivity contribution >= 4 is 62.7 Å². The molecule has 0 unspecified atom stereocenters. The average Bonchev–Trinajstić information content (AvgIpc) is 3.99. The third-order valence-corrected chi connectivity index (χ3v) is 11.9. The van der Waals surface area contributed by atoms with Gasteiger partial charge in [0, 0.05) is 61.1 Å². The van der Waals surface area contributed by atoms with Gasteiger partial charge in [-0.25, -0.2) is 9.97 Å². The number of halogens is 2. The molecule has 54 heavy (non-hydrogen) atoms. The highest BCUT2D eigenvalue weighted by Gasteiger charge is 2.37. The molecule has 0 amide bonds. The molecule has 3 aromatic carbocycles. The van der Waals surface area contributed by atoms with Crippen LogP contribution in [-0.4, -0.2) is 73.2 Å². The number of aliphatic carboxylic acids is 1. The van der Waals surface area contributed by atoms with Crippen molar-refractivity contribution in [2.45, 2.75) is 44.4 Å². The molecule has 2 fully saturated rings. The van der Waals surface area contributed by atoms with Gasteiger partial charge in [0.1, 0.15) is 22.7 Å². The van der Waals surface area contributed by atoms with Gasteiger partial charge in [-0.15, -0.1) is 0 Å². The van der Waals surface area contributed by atoms with Crippen LogP contribution in [0.25, 0.3) is 44.6 Å². The molecule has 272 valence electrons. The van der Waals surface area contributed by atoms with Crippen LogP contribution in [0.4, 0.5) is 11.5 Å². The number of carboxylic acids is 1. The summed E-state index contributed by atoms with van der Waals surface area (Å²) in [5.74, 6) is -0.292. The summed E-state index contributed by atoms with van der Waals surface area (Å²) in [7, 11) is 0. The molecule has 0 radical (unpaired) electrons. The van der Waals surface area contributed by atoms with E-state index < -0.39 is 5.97 Å². The Balaban J connectivity index is 1.01. The molecule has 3 N–H and O–H groups in total. The van der Waals surface area contributed by atoms with Crippen LogP contribution in [-0.2, 0) is 17.8 Å². The van der Waals surface area contributed by atoms with Crippen molar-refractivity contribution in [2.75, 3.05) is 31.5 Å². The van der Waals surface area contributed by atoms with E-state index in [1.165, 1.54) is 0 Å². The molecule has 2 saturated heterocycles. The molecule has 9 rings (SSSR count). The second kappa shape index (κ2) is 14.0. The minimum absolute atomic E-state index is 0.0314. The molecule has 0 bridgehead atoms. The second-order valence-electron chi connectivity index (χ2n) is 14.4. The van der Waals surface area contributed by atoms with Gasteiger partial charge in [0.25, 0.3) is 0 Å². The first kappa shape index (κ1) is 34.7. The molecule has 11 nitrogen and oxygen atoms in total. The Bertz CT molecular complexity index is 2520. The molecule has 13 heteroatoms. The SMILES string of the molecule is N#Cc1c2c(cc3nc(-c4cccc(-c5cccc(Nc6nccc7cc(CN8CC[C@@H](O)C8)cnc67)c5Cl)c4Cl)oc13)[C@@H](N1CC[C@@H](C(=O)O)C1)CC2. The minimum Gasteiger partial charge on any atom is -0.481 e. The van der Waals surface area contributed by atoms with Crippen LogP contribution in [0.15, 0.2) is 71.4 Å². The number of hydrogen-bond donors (Lipinski definition) is 3. The Kier molecular flexibility index (Phi) is 8.96. The summed E-state index contributed by atoms with van der Waals surface area (Å²) in [6, 6.07) is 19.7. The number of fused-ring (bicyclic) bond motifs is 3. The number of pyridine rings is 2. The summed E-state index contributed by atoms with van der Waals surface area (Å²) in [5, 5.41) is 34.9. The number of aliphatic hydroxyl groups is 1. The van der Waals surface area contributed by atoms with Crippen molar-refractivity contribution in [2.24, 2.45) is 5.92 Å². The lowest BCUT2D eigenvalue weighted by Gasteiger charge is -2.24. The van der Waals surface area contributed by atoms with Gasteiger partial charge in [-0.05, 0) is 79.3 Å². The van der Waals surface area contributed by atoms with E-state index in [0.29, 0.717) is 92.9 Å². The number of nitriles is 1. The molecule has 0 saturated carbocycles. The van der Waals surface area contributed by atoms with Crippen molar-refractivity contribution in [3.05, 3.63) is 99.3 Å². The number of carboxylic acid groups (broad SMARTS) is 1. The summed E-state index contributed by atoms with van der Waals surface area (Å²) >= 11 is 14.2. The van der Waals surface area contributed by atoms with E-state index in [1.54, 1.807) is 6.20 Å². The number of nitrogens with zero attached hydrogens (tertiary/aromatic N) is 6. The smallest absolute Gasteiger partial charge is 0.307 e. The number of hydrogen-bond acceptors (Lipinski definition) is 10. The zero-order chi connectivity index (χ0) is 37.1. The van der Waals surface area contributed by atoms with Crippen LogP contribution in [0.5, 0.6) is 0 Å². The molecular formula is C41H35Cl2N7O4. The predicted octanol–water partition coefficient (Wildman–Crippen LogP) is 7.99. The normalized spacial score (nSPS) is 20.1. The van der Waals surface area contributed by atoms with Crippen molar-refractivity contribution in [1.82, 2.24) is 24.8 Å². The largest absolute Gasteiger partial charge is 0.481 e. The number of benzene rings is 3. The van der Waals surface area contributed by atoms with Crippen LogP contribution < -0.4 is 5.32 Å². The summed E-state index contributed by atoms with van der Waals surface area (Å²) in [4.78, 5) is 30.3. The summed E-state index contributed by atoms with van der Waals surface area (Å²) in [6.45, 7) is 3.45. The standard InChI is InChI=1S/C41H35Cl2N7O4/c42-35-27(28-4-2-6-32(36(28)43)47-39-37-23(9-12-45-39)15-22(18-46-37)19-49-13-11-25(51)21-49)3-1-5-29(35)40-48-33-16-30-26(31(17-44)38(33)54-40)7-8-34(30)50-14-10-24(20-50)41(52)53/h1-6,9,12,15-16,18,24-25,34,51H,7-8,10-11,13-14,19-21H2,(H,45,47)(H,52,53)/t24-,25-,34+/m1/s1. The van der Waals surface area contributed by atoms with Crippen molar-refractivity contribution in [3.8, 4) is 28.7 Å². The zero-order valence-corrected chi connectivity index (χ0v) is 30.6. The first-order valence-corrected chi connectivity index (χ1v) is 18.8. The van der Waals surface area contributed by atoms with E-state index >= 15 is 0 Å². The van der Waals surface area contributed by atoms with Gasteiger partial charge in [0.15, 0.2) is 11.4 Å². The van der Waals surface area contributed by atoms with E-state index in [4.69, 9.17) is 37.6 Å². The third kappa shape index (κ3) is 6.14. The van der Waals surface area contributed by atoms with Crippen LogP contribution in [0.1, 0.15) is 47.6 Å². The summed E-state index contributed by atoms with van der Waals surface area (Å²) in [6.07, 6.45) is 6.24. The Morgan fingerprint density at radius 2 is 1.81 bits per heavy atom. The van der Waals surface area contributed by atoms with Gasteiger partial charge < -0.3 is 19.9 Å². The Hall–Kier alpha value is -5.09. The fourth-order valence-corrected chi connectivity index (χ4v) is 8.96. The molecular weight excluding hydrogens is 725 g/mol. The number of anilines is 2. The number of aliphatic hydroxyl groups excluding tert-OH is 1. The van der Waals surface area contributed by atoms with E-state index in [0.717, 1.165) is 48.0 Å². The molecule has 6 aromatic rings. The quantitative estimate of drug-likeness (QED) is 0.139. The number of nitrogens with one attached hydrogen (secondary N) is 1. The highest BCUT2D eigenvalue weighted by Crippen LogP contribution is 2.45. The number of rotatable bonds is 8. The lowest BCUT2D eigenvalue weighted by atomic mass is 10.0. The lowest BCUT2D eigenvalue weighted by molar-refractivity contribution is -0.141. The van der Waals surface area contributed by atoms with E-state index in [-0.39, 0.29) is 24.0 Å². The fourth-order valence-electron chi connectivity index (χ4n) is 8.38. The monoisotopic (exact) mass is 759 g/mol. The van der Waals surface area contributed by atoms with Crippen LogP contribution >= 0.6 is 23.2 Å². The van der Waals surface area contributed by atoms with Gasteiger partial charge >= 0.3 is 5.97 Å². The Morgan fingerprint density at radius 1 is 1.00 bits per heavy atom. The lowest BCUT2D eigenvalue weighted by Crippen LogP contribution is -2.26. The number of likely N-dealkylation sites (tertiary alicyclic amines) is 2.